The highest BCUT2D eigenvalue weighted by Gasteiger charge is 2.43. The Morgan fingerprint density at radius 2 is 1.51 bits per heavy atom. The number of rotatable bonds is 7. The van der Waals surface area contributed by atoms with Crippen LogP contribution in [0.2, 0.25) is 0 Å². The van der Waals surface area contributed by atoms with Crippen molar-refractivity contribution in [2.45, 2.75) is 32.2 Å². The number of benzene rings is 3. The Morgan fingerprint density at radius 3 is 2.08 bits per heavy atom. The number of hydrogen-bond donors (Lipinski definition) is 0. The average molecular weight is 496 g/mol. The molecule has 8 nitrogen and oxygen atoms in total. The molecule has 2 heterocycles. The molecule has 5 aromatic rings. The monoisotopic (exact) mass is 495 g/mol. The predicted octanol–water partition coefficient (Wildman–Crippen LogP) is 5.54. The molecule has 186 valence electrons. The molecule has 0 amide bonds. The molecule has 0 saturated heterocycles. The lowest BCUT2D eigenvalue weighted by Crippen LogP contribution is -2.38. The number of ether oxygens (including phenoxy) is 1. The van der Waals surface area contributed by atoms with E-state index < -0.39 is 22.9 Å². The summed E-state index contributed by atoms with van der Waals surface area (Å²) in [5.74, 6) is -2.04. The van der Waals surface area contributed by atoms with Gasteiger partial charge in [-0.25, -0.2) is 9.78 Å². The minimum absolute atomic E-state index is 0.0201. The van der Waals surface area contributed by atoms with Gasteiger partial charge in [0.1, 0.15) is 0 Å². The summed E-state index contributed by atoms with van der Waals surface area (Å²) in [5.41, 5.74) is 3.54. The molecule has 0 aliphatic carbocycles. The van der Waals surface area contributed by atoms with E-state index in [0.29, 0.717) is 16.5 Å². The average Bonchev–Trinajstić information content (AvgIpc) is 3.28. The third-order valence-corrected chi connectivity index (χ3v) is 6.74. The van der Waals surface area contributed by atoms with Gasteiger partial charge in [0.15, 0.2) is 0 Å². The molecule has 0 aliphatic rings. The molecule has 2 aromatic heterocycles. The first-order valence-electron chi connectivity index (χ1n) is 12.1. The van der Waals surface area contributed by atoms with E-state index >= 15 is 0 Å². The zero-order valence-corrected chi connectivity index (χ0v) is 20.5. The molecule has 5 rings (SSSR count). The predicted molar refractivity (Wildman–Crippen MR) is 141 cm³/mol. The van der Waals surface area contributed by atoms with Crippen LogP contribution in [0.1, 0.15) is 35.7 Å². The van der Waals surface area contributed by atoms with Crippen molar-refractivity contribution in [2.75, 3.05) is 6.61 Å². The number of pyridine rings is 1. The Morgan fingerprint density at radius 1 is 0.946 bits per heavy atom. The van der Waals surface area contributed by atoms with E-state index in [4.69, 9.17) is 9.72 Å². The summed E-state index contributed by atoms with van der Waals surface area (Å²) >= 11 is 0. The van der Waals surface area contributed by atoms with Gasteiger partial charge in [-0.1, -0.05) is 54.6 Å². The van der Waals surface area contributed by atoms with Crippen LogP contribution in [0.3, 0.4) is 0 Å². The second-order valence-electron chi connectivity index (χ2n) is 8.91. The van der Waals surface area contributed by atoms with Crippen molar-refractivity contribution < 1.29 is 19.2 Å². The molecule has 0 saturated carbocycles. The van der Waals surface area contributed by atoms with E-state index in [9.17, 15) is 19.7 Å². The molecular formula is C29H25N3O5. The normalized spacial score (nSPS) is 13.0. The topological polar surface area (TPSA) is 104 Å². The van der Waals surface area contributed by atoms with Crippen molar-refractivity contribution in [1.29, 1.82) is 0 Å². The van der Waals surface area contributed by atoms with Gasteiger partial charge < -0.3 is 4.74 Å². The molecule has 0 N–H and O–H groups in total. The molecule has 0 aliphatic heterocycles. The first-order chi connectivity index (χ1) is 17.9. The Kier molecular flexibility index (Phi) is 6.40. The fourth-order valence-corrected chi connectivity index (χ4v) is 5.15. The quantitative estimate of drug-likeness (QED) is 0.127. The van der Waals surface area contributed by atoms with Gasteiger partial charge in [-0.15, -0.1) is 0 Å². The van der Waals surface area contributed by atoms with Gasteiger partial charge in [-0.05, 0) is 42.7 Å². The Bertz CT molecular complexity index is 1620. The number of esters is 1. The van der Waals surface area contributed by atoms with Crippen LogP contribution < -0.4 is 0 Å². The molecule has 0 spiro atoms. The van der Waals surface area contributed by atoms with Crippen LogP contribution >= 0.6 is 0 Å². The summed E-state index contributed by atoms with van der Waals surface area (Å²) < 4.78 is 6.65. The van der Waals surface area contributed by atoms with E-state index in [2.05, 4.69) is 0 Å². The molecular weight excluding hydrogens is 470 g/mol. The van der Waals surface area contributed by atoms with Gasteiger partial charge in [0.2, 0.25) is 5.91 Å². The number of nitrogens with zero attached hydrogens (tertiary/aromatic N) is 3. The summed E-state index contributed by atoms with van der Waals surface area (Å²) in [7, 11) is 0. The highest BCUT2D eigenvalue weighted by atomic mass is 16.6. The summed E-state index contributed by atoms with van der Waals surface area (Å²) in [6.45, 7) is 3.08. The Balaban J connectivity index is 1.80. The molecule has 8 heteroatoms. The van der Waals surface area contributed by atoms with E-state index in [-0.39, 0.29) is 18.9 Å². The molecule has 2 atom stereocenters. The van der Waals surface area contributed by atoms with Gasteiger partial charge in [0.25, 0.3) is 0 Å². The van der Waals surface area contributed by atoms with Gasteiger partial charge in [-0.3, -0.25) is 19.5 Å². The van der Waals surface area contributed by atoms with Crippen LogP contribution in [0.25, 0.3) is 32.7 Å². The molecule has 0 fully saturated rings. The minimum atomic E-state index is -1.67. The second-order valence-corrected chi connectivity index (χ2v) is 8.91. The van der Waals surface area contributed by atoms with Crippen LogP contribution in [-0.4, -0.2) is 39.0 Å². The third-order valence-electron chi connectivity index (χ3n) is 6.74. The van der Waals surface area contributed by atoms with Crippen LogP contribution in [0.5, 0.6) is 0 Å². The number of nitro groups is 1. The van der Waals surface area contributed by atoms with Crippen LogP contribution in [0.4, 0.5) is 0 Å². The molecule has 0 radical (unpaired) electrons. The zero-order chi connectivity index (χ0) is 26.1. The number of para-hydroxylation sites is 3. The maximum absolute atomic E-state index is 13.0. The van der Waals surface area contributed by atoms with E-state index in [1.54, 1.807) is 25.3 Å². The molecule has 3 aromatic carbocycles. The maximum atomic E-state index is 13.0. The summed E-state index contributed by atoms with van der Waals surface area (Å²) in [6, 6.07) is 20.8. The van der Waals surface area contributed by atoms with Gasteiger partial charge in [0, 0.05) is 34.2 Å². The van der Waals surface area contributed by atoms with Crippen LogP contribution in [0.15, 0.2) is 79.0 Å². The van der Waals surface area contributed by atoms with E-state index in [1.165, 1.54) is 11.5 Å². The van der Waals surface area contributed by atoms with Crippen molar-refractivity contribution in [3.63, 3.8) is 0 Å². The fraction of sp³-hybridized carbons (Fsp3) is 0.207. The SMILES string of the molecule is CCOC(=O)[C@@H]([C@@H](Cc1c2ccccc2nc2ccccc12)c1cn(C(C)=O)c2ccccc12)[N+](=O)[O-]. The molecule has 0 unspecified atom stereocenters. The molecule has 0 bridgehead atoms. The third kappa shape index (κ3) is 4.31. The standard InChI is InChI=1S/C29H25N3O5/c1-3-37-29(34)28(32(35)36)23(24-17-31(18(2)33)27-15-9-6-12-21(24)27)16-22-19-10-4-7-13-25(19)30-26-14-8-5-11-20(22)26/h4-15,17,23,28H,3,16H2,1-2H3/t23-,28+/m0/s1. The lowest BCUT2D eigenvalue weighted by molar-refractivity contribution is -0.514. The van der Waals surface area contributed by atoms with Crippen molar-refractivity contribution in [3.8, 4) is 0 Å². The smallest absolute Gasteiger partial charge is 0.382 e. The lowest BCUT2D eigenvalue weighted by atomic mass is 9.83. The van der Waals surface area contributed by atoms with Crippen molar-refractivity contribution in [1.82, 2.24) is 9.55 Å². The number of aromatic nitrogens is 2. The number of carbonyl (C=O) groups is 2. The Hall–Kier alpha value is -4.59. The van der Waals surface area contributed by atoms with Crippen molar-refractivity contribution >= 4 is 44.6 Å². The van der Waals surface area contributed by atoms with Gasteiger partial charge in [0.05, 0.1) is 29.1 Å². The highest BCUT2D eigenvalue weighted by Crippen LogP contribution is 2.37. The number of carbonyl (C=O) groups excluding carboxylic acids is 2. The van der Waals surface area contributed by atoms with Gasteiger partial charge in [-0.2, -0.15) is 0 Å². The summed E-state index contributed by atoms with van der Waals surface area (Å²) in [5, 5.41) is 14.8. The maximum Gasteiger partial charge on any atom is 0.382 e. The number of fused-ring (bicyclic) bond motifs is 3. The van der Waals surface area contributed by atoms with E-state index in [1.807, 2.05) is 60.7 Å². The first-order valence-corrected chi connectivity index (χ1v) is 12.1. The minimum Gasteiger partial charge on any atom is -0.461 e. The highest BCUT2D eigenvalue weighted by molar-refractivity contribution is 5.98. The second kappa shape index (κ2) is 9.81. The summed E-state index contributed by atoms with van der Waals surface area (Å²) in [4.78, 5) is 42.2. The summed E-state index contributed by atoms with van der Waals surface area (Å²) in [6.07, 6.45) is 1.79. The fourth-order valence-electron chi connectivity index (χ4n) is 5.15. The molecule has 37 heavy (non-hydrogen) atoms. The van der Waals surface area contributed by atoms with E-state index in [0.717, 1.165) is 27.4 Å². The van der Waals surface area contributed by atoms with Gasteiger partial charge >= 0.3 is 12.0 Å². The number of hydrogen-bond acceptors (Lipinski definition) is 6. The van der Waals surface area contributed by atoms with Crippen LogP contribution in [0, 0.1) is 10.1 Å². The zero-order valence-electron chi connectivity index (χ0n) is 20.5. The Labute approximate surface area is 212 Å². The lowest BCUT2D eigenvalue weighted by Gasteiger charge is -2.21. The van der Waals surface area contributed by atoms with Crippen molar-refractivity contribution in [3.05, 3.63) is 100 Å². The van der Waals surface area contributed by atoms with Crippen LogP contribution in [-0.2, 0) is 16.0 Å². The van der Waals surface area contributed by atoms with Crippen molar-refractivity contribution in [2.24, 2.45) is 0 Å². The largest absolute Gasteiger partial charge is 0.461 e. The first kappa shape index (κ1) is 24.1.